The van der Waals surface area contributed by atoms with Crippen molar-refractivity contribution in [2.75, 3.05) is 33.5 Å². The van der Waals surface area contributed by atoms with Gasteiger partial charge in [0.1, 0.15) is 0 Å². The normalized spacial score (nSPS) is 11.4. The van der Waals surface area contributed by atoms with Crippen LogP contribution in [0.15, 0.2) is 18.3 Å². The standard InChI is InChI=1S/C15H28N2O2/c1-14(2)12-16-13-15-6-4-7-17(15)8-11-19-10-5-9-18-3/h4,6-7,14,16H,5,8-13H2,1-3H3. The molecule has 19 heavy (non-hydrogen) atoms. The molecule has 0 atom stereocenters. The highest BCUT2D eigenvalue weighted by Gasteiger charge is 2.01. The van der Waals surface area contributed by atoms with Crippen LogP contribution in [-0.4, -0.2) is 38.0 Å². The zero-order chi connectivity index (χ0) is 13.9. The first-order valence-electron chi connectivity index (χ1n) is 7.15. The Kier molecular flexibility index (Phi) is 8.54. The number of hydrogen-bond acceptors (Lipinski definition) is 3. The molecule has 0 radical (unpaired) electrons. The first kappa shape index (κ1) is 16.2. The number of nitrogens with zero attached hydrogens (tertiary/aromatic N) is 1. The van der Waals surface area contributed by atoms with Gasteiger partial charge >= 0.3 is 0 Å². The Morgan fingerprint density at radius 2 is 2.11 bits per heavy atom. The quantitative estimate of drug-likeness (QED) is 0.625. The lowest BCUT2D eigenvalue weighted by molar-refractivity contribution is 0.0973. The van der Waals surface area contributed by atoms with Gasteiger partial charge in [0.25, 0.3) is 0 Å². The van der Waals surface area contributed by atoms with Crippen LogP contribution in [0.1, 0.15) is 26.0 Å². The van der Waals surface area contributed by atoms with E-state index in [4.69, 9.17) is 9.47 Å². The van der Waals surface area contributed by atoms with Crippen molar-refractivity contribution in [3.05, 3.63) is 24.0 Å². The smallest absolute Gasteiger partial charge is 0.0645 e. The van der Waals surface area contributed by atoms with Crippen molar-refractivity contribution < 1.29 is 9.47 Å². The molecule has 4 nitrogen and oxygen atoms in total. The van der Waals surface area contributed by atoms with Crippen LogP contribution in [0.2, 0.25) is 0 Å². The van der Waals surface area contributed by atoms with E-state index in [2.05, 4.69) is 42.1 Å². The maximum Gasteiger partial charge on any atom is 0.0645 e. The van der Waals surface area contributed by atoms with Crippen LogP contribution in [0.3, 0.4) is 0 Å². The largest absolute Gasteiger partial charge is 0.385 e. The maximum absolute atomic E-state index is 5.59. The fraction of sp³-hybridized carbons (Fsp3) is 0.733. The lowest BCUT2D eigenvalue weighted by atomic mass is 10.2. The molecule has 1 aromatic rings. The molecule has 0 saturated carbocycles. The van der Waals surface area contributed by atoms with E-state index >= 15 is 0 Å². The average molecular weight is 268 g/mol. The van der Waals surface area contributed by atoms with Gasteiger partial charge in [0.15, 0.2) is 0 Å². The second-order valence-electron chi connectivity index (χ2n) is 5.18. The third-order valence-corrected chi connectivity index (χ3v) is 2.90. The molecule has 0 bridgehead atoms. The summed E-state index contributed by atoms with van der Waals surface area (Å²) in [6.07, 6.45) is 3.08. The van der Waals surface area contributed by atoms with Gasteiger partial charge in [-0.2, -0.15) is 0 Å². The van der Waals surface area contributed by atoms with Gasteiger partial charge in [-0.25, -0.2) is 0 Å². The molecule has 1 rings (SSSR count). The van der Waals surface area contributed by atoms with E-state index < -0.39 is 0 Å². The highest BCUT2D eigenvalue weighted by atomic mass is 16.5. The van der Waals surface area contributed by atoms with E-state index in [1.54, 1.807) is 7.11 Å². The molecule has 1 aromatic heterocycles. The van der Waals surface area contributed by atoms with E-state index in [1.807, 2.05) is 0 Å². The summed E-state index contributed by atoms with van der Waals surface area (Å²) in [5.74, 6) is 0.688. The van der Waals surface area contributed by atoms with Crippen LogP contribution < -0.4 is 5.32 Å². The lowest BCUT2D eigenvalue weighted by Gasteiger charge is -2.11. The van der Waals surface area contributed by atoms with Crippen molar-refractivity contribution in [1.82, 2.24) is 9.88 Å². The third-order valence-electron chi connectivity index (χ3n) is 2.90. The highest BCUT2D eigenvalue weighted by molar-refractivity contribution is 5.06. The van der Waals surface area contributed by atoms with Crippen LogP contribution >= 0.6 is 0 Å². The number of aromatic nitrogens is 1. The molecule has 1 N–H and O–H groups in total. The van der Waals surface area contributed by atoms with Gasteiger partial charge in [0, 0.05) is 45.3 Å². The maximum atomic E-state index is 5.59. The van der Waals surface area contributed by atoms with Crippen LogP contribution in [0.4, 0.5) is 0 Å². The number of methoxy groups -OCH3 is 1. The van der Waals surface area contributed by atoms with Crippen molar-refractivity contribution in [2.45, 2.75) is 33.4 Å². The van der Waals surface area contributed by atoms with Crippen LogP contribution in [-0.2, 0) is 22.6 Å². The molecule has 0 aliphatic heterocycles. The zero-order valence-corrected chi connectivity index (χ0v) is 12.5. The van der Waals surface area contributed by atoms with Gasteiger partial charge < -0.3 is 19.4 Å². The van der Waals surface area contributed by atoms with E-state index in [9.17, 15) is 0 Å². The molecule has 0 aliphatic rings. The molecule has 4 heteroatoms. The van der Waals surface area contributed by atoms with Gasteiger partial charge in [-0.1, -0.05) is 13.8 Å². The summed E-state index contributed by atoms with van der Waals surface area (Å²) < 4.78 is 12.8. The minimum atomic E-state index is 0.688. The second-order valence-corrected chi connectivity index (χ2v) is 5.18. The minimum absolute atomic E-state index is 0.688. The number of hydrogen-bond donors (Lipinski definition) is 1. The van der Waals surface area contributed by atoms with E-state index in [1.165, 1.54) is 5.69 Å². The Balaban J connectivity index is 2.17. The first-order chi connectivity index (χ1) is 9.24. The fourth-order valence-corrected chi connectivity index (χ4v) is 1.89. The summed E-state index contributed by atoms with van der Waals surface area (Å²) in [6, 6.07) is 4.26. The molecule has 0 fully saturated rings. The van der Waals surface area contributed by atoms with Crippen molar-refractivity contribution in [3.8, 4) is 0 Å². The molecular weight excluding hydrogens is 240 g/mol. The van der Waals surface area contributed by atoms with Gasteiger partial charge in [-0.15, -0.1) is 0 Å². The SMILES string of the molecule is COCCCOCCn1cccc1CNCC(C)C. The summed E-state index contributed by atoms with van der Waals surface area (Å²) >= 11 is 0. The molecule has 0 aromatic carbocycles. The third kappa shape index (κ3) is 7.35. The summed E-state index contributed by atoms with van der Waals surface area (Å²) in [5.41, 5.74) is 1.32. The number of nitrogens with one attached hydrogen (secondary N) is 1. The summed E-state index contributed by atoms with van der Waals surface area (Å²) in [4.78, 5) is 0. The molecule has 0 aliphatic carbocycles. The van der Waals surface area contributed by atoms with E-state index in [0.717, 1.165) is 45.9 Å². The van der Waals surface area contributed by atoms with Crippen LogP contribution in [0.5, 0.6) is 0 Å². The Morgan fingerprint density at radius 1 is 1.26 bits per heavy atom. The van der Waals surface area contributed by atoms with Crippen molar-refractivity contribution in [1.29, 1.82) is 0 Å². The molecule has 0 amide bonds. The minimum Gasteiger partial charge on any atom is -0.385 e. The Morgan fingerprint density at radius 3 is 2.84 bits per heavy atom. The molecule has 110 valence electrons. The van der Waals surface area contributed by atoms with Crippen molar-refractivity contribution >= 4 is 0 Å². The Labute approximate surface area is 117 Å². The Bertz CT molecular complexity index is 324. The molecule has 1 heterocycles. The summed E-state index contributed by atoms with van der Waals surface area (Å²) in [6.45, 7) is 9.64. The summed E-state index contributed by atoms with van der Waals surface area (Å²) in [5, 5.41) is 3.47. The van der Waals surface area contributed by atoms with E-state index in [0.29, 0.717) is 5.92 Å². The van der Waals surface area contributed by atoms with Gasteiger partial charge in [-0.3, -0.25) is 0 Å². The zero-order valence-electron chi connectivity index (χ0n) is 12.5. The molecule has 0 saturated heterocycles. The molecular formula is C15H28N2O2. The van der Waals surface area contributed by atoms with Crippen LogP contribution in [0, 0.1) is 5.92 Å². The molecule has 0 spiro atoms. The van der Waals surface area contributed by atoms with Crippen molar-refractivity contribution in [3.63, 3.8) is 0 Å². The molecule has 0 unspecified atom stereocenters. The van der Waals surface area contributed by atoms with Gasteiger partial charge in [-0.05, 0) is 31.0 Å². The predicted molar refractivity (Wildman–Crippen MR) is 78.3 cm³/mol. The number of ether oxygens (including phenoxy) is 2. The second kappa shape index (κ2) is 10.0. The lowest BCUT2D eigenvalue weighted by Crippen LogP contribution is -2.21. The monoisotopic (exact) mass is 268 g/mol. The van der Waals surface area contributed by atoms with Gasteiger partial charge in [0.05, 0.1) is 6.61 Å². The first-order valence-corrected chi connectivity index (χ1v) is 7.15. The summed E-state index contributed by atoms with van der Waals surface area (Å²) in [7, 11) is 1.72. The van der Waals surface area contributed by atoms with Gasteiger partial charge in [0.2, 0.25) is 0 Å². The predicted octanol–water partition coefficient (Wildman–Crippen LogP) is 2.29. The fourth-order valence-electron chi connectivity index (χ4n) is 1.89. The van der Waals surface area contributed by atoms with E-state index in [-0.39, 0.29) is 0 Å². The highest BCUT2D eigenvalue weighted by Crippen LogP contribution is 2.02. The topological polar surface area (TPSA) is 35.4 Å². The van der Waals surface area contributed by atoms with Crippen molar-refractivity contribution in [2.24, 2.45) is 5.92 Å². The number of rotatable bonds is 11. The Hall–Kier alpha value is -0.840. The van der Waals surface area contributed by atoms with Crippen LogP contribution in [0.25, 0.3) is 0 Å². The average Bonchev–Trinajstić information content (AvgIpc) is 2.81.